The average molecular weight is 249 g/mol. The molecular weight excluding hydrogens is 230 g/mol. The highest BCUT2D eigenvalue weighted by Gasteiger charge is 2.26. The van der Waals surface area contributed by atoms with Crippen LogP contribution in [0.5, 0.6) is 0 Å². The van der Waals surface area contributed by atoms with Crippen LogP contribution in [-0.2, 0) is 4.79 Å². The Labute approximate surface area is 107 Å². The summed E-state index contributed by atoms with van der Waals surface area (Å²) in [7, 11) is 1.83. The fourth-order valence-electron chi connectivity index (χ4n) is 2.41. The molecule has 2 rings (SSSR count). The van der Waals surface area contributed by atoms with Gasteiger partial charge in [0.1, 0.15) is 18.0 Å². The number of carbonyl (C=O) groups excluding carboxylic acids is 1. The number of nitrogens with zero attached hydrogens (tertiary/aromatic N) is 3. The number of carbonyl (C=O) groups is 1. The molecule has 3 N–H and O–H groups in total. The number of rotatable bonds is 3. The monoisotopic (exact) mass is 249 g/mol. The molecule has 18 heavy (non-hydrogen) atoms. The molecule has 6 heteroatoms. The van der Waals surface area contributed by atoms with Gasteiger partial charge in [0.15, 0.2) is 0 Å². The molecule has 0 aromatic carbocycles. The van der Waals surface area contributed by atoms with E-state index in [0.717, 1.165) is 36.6 Å². The van der Waals surface area contributed by atoms with Crippen molar-refractivity contribution in [2.24, 2.45) is 11.7 Å². The number of piperidine rings is 1. The molecule has 1 saturated heterocycles. The Morgan fingerprint density at radius 1 is 1.56 bits per heavy atom. The van der Waals surface area contributed by atoms with Crippen LogP contribution in [0.15, 0.2) is 6.33 Å². The zero-order valence-electron chi connectivity index (χ0n) is 10.8. The molecule has 2 heterocycles. The van der Waals surface area contributed by atoms with Gasteiger partial charge in [0.25, 0.3) is 0 Å². The number of hydrogen-bond acceptors (Lipinski definition) is 5. The summed E-state index contributed by atoms with van der Waals surface area (Å²) in [5, 5.41) is 3.04. The van der Waals surface area contributed by atoms with Crippen LogP contribution in [0.4, 0.5) is 11.6 Å². The molecule has 0 aliphatic carbocycles. The lowest BCUT2D eigenvalue weighted by atomic mass is 9.97. The van der Waals surface area contributed by atoms with E-state index in [4.69, 9.17) is 5.73 Å². The summed E-state index contributed by atoms with van der Waals surface area (Å²) in [6.07, 6.45) is 3.38. The average Bonchev–Trinajstić information content (AvgIpc) is 2.39. The number of hydrogen-bond donors (Lipinski definition) is 2. The van der Waals surface area contributed by atoms with E-state index >= 15 is 0 Å². The minimum Gasteiger partial charge on any atom is -0.373 e. The standard InChI is InChI=1S/C12H19N5O/c1-8-11(14-2)15-7-16-12(8)17-5-3-4-9(6-17)10(13)18/h7,9H,3-6H2,1-2H3,(H2,13,18)(H,14,15,16). The van der Waals surface area contributed by atoms with Gasteiger partial charge in [0.2, 0.25) is 5.91 Å². The summed E-state index contributed by atoms with van der Waals surface area (Å²) < 4.78 is 0. The minimum atomic E-state index is -0.222. The SMILES string of the molecule is CNc1ncnc(N2CCCC(C(N)=O)C2)c1C. The highest BCUT2D eigenvalue weighted by atomic mass is 16.1. The molecule has 1 aromatic heterocycles. The van der Waals surface area contributed by atoms with Crippen LogP contribution in [0.3, 0.4) is 0 Å². The van der Waals surface area contributed by atoms with Gasteiger partial charge in [-0.2, -0.15) is 0 Å². The third-order valence-electron chi connectivity index (χ3n) is 3.42. The number of aromatic nitrogens is 2. The maximum absolute atomic E-state index is 11.3. The minimum absolute atomic E-state index is 0.0776. The molecule has 1 atom stereocenters. The van der Waals surface area contributed by atoms with Crippen LogP contribution >= 0.6 is 0 Å². The van der Waals surface area contributed by atoms with Crippen LogP contribution in [0, 0.1) is 12.8 Å². The van der Waals surface area contributed by atoms with Gasteiger partial charge in [-0.05, 0) is 19.8 Å². The van der Waals surface area contributed by atoms with Crippen LogP contribution in [-0.4, -0.2) is 36.0 Å². The predicted octanol–water partition coefficient (Wildman–Crippen LogP) is 0.528. The van der Waals surface area contributed by atoms with Crippen LogP contribution in [0.1, 0.15) is 18.4 Å². The highest BCUT2D eigenvalue weighted by molar-refractivity contribution is 5.77. The van der Waals surface area contributed by atoms with Crippen molar-refractivity contribution >= 4 is 17.5 Å². The highest BCUT2D eigenvalue weighted by Crippen LogP contribution is 2.26. The Hall–Kier alpha value is -1.85. The molecular formula is C12H19N5O. The molecule has 0 radical (unpaired) electrons. The zero-order chi connectivity index (χ0) is 13.1. The largest absolute Gasteiger partial charge is 0.373 e. The Bertz CT molecular complexity index is 448. The molecule has 1 aliphatic heterocycles. The number of anilines is 2. The Morgan fingerprint density at radius 2 is 2.33 bits per heavy atom. The van der Waals surface area contributed by atoms with E-state index in [2.05, 4.69) is 20.2 Å². The van der Waals surface area contributed by atoms with Crippen molar-refractivity contribution in [2.45, 2.75) is 19.8 Å². The number of nitrogens with two attached hydrogens (primary N) is 1. The fraction of sp³-hybridized carbons (Fsp3) is 0.583. The van der Waals surface area contributed by atoms with E-state index in [0.29, 0.717) is 6.54 Å². The first kappa shape index (κ1) is 12.6. The van der Waals surface area contributed by atoms with Gasteiger partial charge in [-0.15, -0.1) is 0 Å². The molecule has 1 aliphatic rings. The second-order valence-corrected chi connectivity index (χ2v) is 4.61. The van der Waals surface area contributed by atoms with Gasteiger partial charge in [0.05, 0.1) is 5.92 Å². The summed E-state index contributed by atoms with van der Waals surface area (Å²) in [5.74, 6) is 1.41. The Kier molecular flexibility index (Phi) is 3.64. The van der Waals surface area contributed by atoms with Gasteiger partial charge in [-0.3, -0.25) is 4.79 Å². The van der Waals surface area contributed by atoms with E-state index in [1.54, 1.807) is 6.33 Å². The summed E-state index contributed by atoms with van der Waals surface area (Å²) >= 11 is 0. The lowest BCUT2D eigenvalue weighted by Crippen LogP contribution is -2.41. The van der Waals surface area contributed by atoms with Crippen LogP contribution < -0.4 is 16.0 Å². The zero-order valence-corrected chi connectivity index (χ0v) is 10.8. The molecule has 1 unspecified atom stereocenters. The first-order valence-corrected chi connectivity index (χ1v) is 6.17. The Balaban J connectivity index is 2.23. The third-order valence-corrected chi connectivity index (χ3v) is 3.42. The van der Waals surface area contributed by atoms with Gasteiger partial charge < -0.3 is 16.0 Å². The summed E-state index contributed by atoms with van der Waals surface area (Å²) in [4.78, 5) is 21.9. The van der Waals surface area contributed by atoms with Gasteiger partial charge in [0, 0.05) is 25.7 Å². The Morgan fingerprint density at radius 3 is 3.00 bits per heavy atom. The van der Waals surface area contributed by atoms with E-state index < -0.39 is 0 Å². The van der Waals surface area contributed by atoms with Crippen molar-refractivity contribution in [2.75, 3.05) is 30.4 Å². The molecule has 0 saturated carbocycles. The summed E-state index contributed by atoms with van der Waals surface area (Å²) in [6, 6.07) is 0. The van der Waals surface area contributed by atoms with E-state index in [9.17, 15) is 4.79 Å². The van der Waals surface area contributed by atoms with E-state index in [1.165, 1.54) is 0 Å². The van der Waals surface area contributed by atoms with Crippen molar-refractivity contribution in [3.05, 3.63) is 11.9 Å². The molecule has 98 valence electrons. The topological polar surface area (TPSA) is 84.1 Å². The van der Waals surface area contributed by atoms with E-state index in [1.807, 2.05) is 14.0 Å². The second-order valence-electron chi connectivity index (χ2n) is 4.61. The van der Waals surface area contributed by atoms with Crippen molar-refractivity contribution in [3.63, 3.8) is 0 Å². The number of primary amides is 1. The van der Waals surface area contributed by atoms with Crippen LogP contribution in [0.25, 0.3) is 0 Å². The fourth-order valence-corrected chi connectivity index (χ4v) is 2.41. The molecule has 1 fully saturated rings. The van der Waals surface area contributed by atoms with Gasteiger partial charge in [-0.25, -0.2) is 9.97 Å². The van der Waals surface area contributed by atoms with Crippen molar-refractivity contribution in [3.8, 4) is 0 Å². The normalized spacial score (nSPS) is 19.7. The second kappa shape index (κ2) is 5.20. The molecule has 1 aromatic rings. The van der Waals surface area contributed by atoms with Gasteiger partial charge >= 0.3 is 0 Å². The first-order valence-electron chi connectivity index (χ1n) is 6.17. The van der Waals surface area contributed by atoms with Gasteiger partial charge in [-0.1, -0.05) is 0 Å². The molecule has 1 amide bonds. The number of amides is 1. The lowest BCUT2D eigenvalue weighted by molar-refractivity contribution is -0.122. The smallest absolute Gasteiger partial charge is 0.222 e. The first-order chi connectivity index (χ1) is 8.63. The van der Waals surface area contributed by atoms with E-state index in [-0.39, 0.29) is 11.8 Å². The molecule has 6 nitrogen and oxygen atoms in total. The predicted molar refractivity (Wildman–Crippen MR) is 70.4 cm³/mol. The quantitative estimate of drug-likeness (QED) is 0.816. The lowest BCUT2D eigenvalue weighted by Gasteiger charge is -2.33. The third kappa shape index (κ3) is 2.37. The maximum atomic E-state index is 11.3. The van der Waals surface area contributed by atoms with Crippen molar-refractivity contribution in [1.29, 1.82) is 0 Å². The number of nitrogens with one attached hydrogen (secondary N) is 1. The summed E-state index contributed by atoms with van der Waals surface area (Å²) in [6.45, 7) is 3.54. The maximum Gasteiger partial charge on any atom is 0.222 e. The van der Waals surface area contributed by atoms with Crippen LogP contribution in [0.2, 0.25) is 0 Å². The van der Waals surface area contributed by atoms with Crippen molar-refractivity contribution < 1.29 is 4.79 Å². The molecule has 0 spiro atoms. The van der Waals surface area contributed by atoms with Crippen molar-refractivity contribution in [1.82, 2.24) is 9.97 Å². The molecule has 0 bridgehead atoms. The summed E-state index contributed by atoms with van der Waals surface area (Å²) in [5.41, 5.74) is 6.40.